The number of Topliss-reactive ketones (excluding diaryl/α,β-unsaturated/α-hetero) is 1. The number of hydrogen-bond donors (Lipinski definition) is 1. The SMILES string of the molecule is CCSCCOC(=O)C1=C(C)NC2=C(C(=O)[C@@H](C(=O)OC)[C@H](C)C2)[C@H]1c1ccccc1Cl. The minimum absolute atomic E-state index is 0.236. The third-order valence-corrected chi connectivity index (χ3v) is 7.05. The van der Waals surface area contributed by atoms with Gasteiger partial charge < -0.3 is 14.8 Å². The number of methoxy groups -OCH3 is 1. The summed E-state index contributed by atoms with van der Waals surface area (Å²) in [7, 11) is 1.28. The molecule has 1 N–H and O–H groups in total. The first-order valence-electron chi connectivity index (χ1n) is 10.6. The lowest BCUT2D eigenvalue weighted by Crippen LogP contribution is -2.43. The monoisotopic (exact) mass is 477 g/mol. The maximum Gasteiger partial charge on any atom is 0.336 e. The first kappa shape index (κ1) is 24.4. The summed E-state index contributed by atoms with van der Waals surface area (Å²) in [6.45, 7) is 5.96. The number of halogens is 1. The lowest BCUT2D eigenvalue weighted by atomic mass is 9.69. The fourth-order valence-electron chi connectivity index (χ4n) is 4.39. The van der Waals surface area contributed by atoms with Gasteiger partial charge in [-0.2, -0.15) is 11.8 Å². The van der Waals surface area contributed by atoms with Crippen molar-refractivity contribution in [3.05, 3.63) is 57.4 Å². The predicted molar refractivity (Wildman–Crippen MR) is 125 cm³/mol. The number of esters is 2. The average Bonchev–Trinajstić information content (AvgIpc) is 2.75. The van der Waals surface area contributed by atoms with Gasteiger partial charge in [0.2, 0.25) is 0 Å². The van der Waals surface area contributed by atoms with Gasteiger partial charge in [0.15, 0.2) is 5.78 Å². The topological polar surface area (TPSA) is 81.7 Å². The molecule has 32 heavy (non-hydrogen) atoms. The lowest BCUT2D eigenvalue weighted by Gasteiger charge is -2.38. The van der Waals surface area contributed by atoms with E-state index in [0.29, 0.717) is 45.3 Å². The first-order chi connectivity index (χ1) is 15.3. The van der Waals surface area contributed by atoms with Gasteiger partial charge in [-0.1, -0.05) is 43.6 Å². The van der Waals surface area contributed by atoms with E-state index in [2.05, 4.69) is 5.32 Å². The second-order valence-electron chi connectivity index (χ2n) is 7.89. The highest BCUT2D eigenvalue weighted by molar-refractivity contribution is 7.99. The summed E-state index contributed by atoms with van der Waals surface area (Å²) in [5.41, 5.74) is 2.68. The van der Waals surface area contributed by atoms with Crippen LogP contribution in [0, 0.1) is 11.8 Å². The molecule has 1 aromatic carbocycles. The van der Waals surface area contributed by atoms with Crippen molar-refractivity contribution in [2.75, 3.05) is 25.2 Å². The summed E-state index contributed by atoms with van der Waals surface area (Å²) in [6.07, 6.45) is 0.481. The van der Waals surface area contributed by atoms with Crippen LogP contribution in [0.2, 0.25) is 5.02 Å². The Balaban J connectivity index is 2.09. The molecule has 1 aliphatic heterocycles. The van der Waals surface area contributed by atoms with Crippen molar-refractivity contribution in [3.8, 4) is 0 Å². The van der Waals surface area contributed by atoms with Crippen molar-refractivity contribution in [1.29, 1.82) is 0 Å². The predicted octanol–water partition coefficient (Wildman–Crippen LogP) is 4.25. The van der Waals surface area contributed by atoms with Crippen molar-refractivity contribution in [3.63, 3.8) is 0 Å². The van der Waals surface area contributed by atoms with Crippen LogP contribution in [-0.4, -0.2) is 42.9 Å². The fraction of sp³-hybridized carbons (Fsp3) is 0.458. The van der Waals surface area contributed by atoms with Gasteiger partial charge in [-0.05, 0) is 36.6 Å². The number of carbonyl (C=O) groups excluding carboxylic acids is 3. The smallest absolute Gasteiger partial charge is 0.336 e. The van der Waals surface area contributed by atoms with E-state index in [4.69, 9.17) is 21.1 Å². The molecule has 1 aromatic rings. The van der Waals surface area contributed by atoms with Crippen molar-refractivity contribution in [1.82, 2.24) is 5.32 Å². The number of thioether (sulfide) groups is 1. The van der Waals surface area contributed by atoms with Crippen molar-refractivity contribution in [2.45, 2.75) is 33.1 Å². The van der Waals surface area contributed by atoms with Crippen LogP contribution in [0.5, 0.6) is 0 Å². The third-order valence-electron chi connectivity index (χ3n) is 5.84. The van der Waals surface area contributed by atoms with Crippen LogP contribution in [0.15, 0.2) is 46.8 Å². The van der Waals surface area contributed by atoms with Crippen molar-refractivity contribution < 1.29 is 23.9 Å². The molecule has 0 spiro atoms. The van der Waals surface area contributed by atoms with E-state index in [1.165, 1.54) is 7.11 Å². The normalized spacial score (nSPS) is 22.9. The standard InChI is InChI=1S/C24H28ClNO5S/c1-5-32-11-10-31-24(29)19-14(3)26-17-12-13(2)18(23(28)30-4)22(27)21(17)20(19)15-8-6-7-9-16(15)25/h6-9,13,18,20,26H,5,10-12H2,1-4H3/t13-,18+,20+/m1/s1. The Morgan fingerprint density at radius 2 is 2.00 bits per heavy atom. The minimum atomic E-state index is -0.929. The molecular formula is C24H28ClNO5S. The summed E-state index contributed by atoms with van der Waals surface area (Å²) >= 11 is 8.21. The molecule has 1 heterocycles. The summed E-state index contributed by atoms with van der Waals surface area (Å²) in [4.78, 5) is 39.2. The Hall–Kier alpha value is -2.25. The van der Waals surface area contributed by atoms with E-state index >= 15 is 0 Å². The quantitative estimate of drug-likeness (QED) is 0.357. The zero-order valence-electron chi connectivity index (χ0n) is 18.7. The van der Waals surface area contributed by atoms with Gasteiger partial charge in [0.1, 0.15) is 12.5 Å². The van der Waals surface area contributed by atoms with E-state index in [-0.39, 0.29) is 18.3 Å². The molecule has 0 saturated carbocycles. The molecule has 2 aliphatic rings. The second kappa shape index (κ2) is 10.6. The van der Waals surface area contributed by atoms with E-state index < -0.39 is 23.8 Å². The zero-order valence-corrected chi connectivity index (χ0v) is 20.3. The number of nitrogens with one attached hydrogen (secondary N) is 1. The zero-order chi connectivity index (χ0) is 23.4. The summed E-state index contributed by atoms with van der Waals surface area (Å²) < 4.78 is 10.5. The first-order valence-corrected chi connectivity index (χ1v) is 12.2. The number of benzene rings is 1. The van der Waals surface area contributed by atoms with E-state index in [0.717, 1.165) is 5.75 Å². The maximum absolute atomic E-state index is 13.6. The number of dihydropyridines is 1. The molecule has 3 rings (SSSR count). The third kappa shape index (κ3) is 4.74. The van der Waals surface area contributed by atoms with Crippen LogP contribution in [0.1, 0.15) is 38.7 Å². The van der Waals surface area contributed by atoms with E-state index in [1.807, 2.05) is 19.9 Å². The number of hydrogen-bond acceptors (Lipinski definition) is 7. The molecule has 0 unspecified atom stereocenters. The molecule has 0 aromatic heterocycles. The van der Waals surface area contributed by atoms with Crippen LogP contribution in [-0.2, 0) is 23.9 Å². The summed E-state index contributed by atoms with van der Waals surface area (Å²) in [6, 6.07) is 7.13. The summed E-state index contributed by atoms with van der Waals surface area (Å²) in [5.74, 6) is -1.68. The van der Waals surface area contributed by atoms with Crippen LogP contribution in [0.4, 0.5) is 0 Å². The minimum Gasteiger partial charge on any atom is -0.468 e. The van der Waals surface area contributed by atoms with E-state index in [9.17, 15) is 14.4 Å². The molecule has 8 heteroatoms. The van der Waals surface area contributed by atoms with Gasteiger partial charge in [-0.3, -0.25) is 9.59 Å². The Labute approximate surface area is 197 Å². The van der Waals surface area contributed by atoms with Gasteiger partial charge in [0, 0.05) is 33.7 Å². The Morgan fingerprint density at radius 1 is 1.28 bits per heavy atom. The highest BCUT2D eigenvalue weighted by atomic mass is 35.5. The Bertz CT molecular complexity index is 986. The van der Waals surface area contributed by atoms with Gasteiger partial charge >= 0.3 is 11.9 Å². The Kier molecular flexibility index (Phi) is 8.06. The van der Waals surface area contributed by atoms with Crippen molar-refractivity contribution >= 4 is 41.1 Å². The molecule has 1 aliphatic carbocycles. The lowest BCUT2D eigenvalue weighted by molar-refractivity contribution is -0.151. The highest BCUT2D eigenvalue weighted by Crippen LogP contribution is 2.46. The number of rotatable bonds is 7. The average molecular weight is 478 g/mol. The van der Waals surface area contributed by atoms with Crippen LogP contribution < -0.4 is 5.32 Å². The molecular weight excluding hydrogens is 450 g/mol. The molecule has 0 amide bonds. The molecule has 3 atom stereocenters. The number of carbonyl (C=O) groups is 3. The molecule has 0 saturated heterocycles. The van der Waals surface area contributed by atoms with Gasteiger partial charge in [-0.15, -0.1) is 0 Å². The number of allylic oxidation sites excluding steroid dienone is 3. The van der Waals surface area contributed by atoms with E-state index in [1.54, 1.807) is 36.9 Å². The fourth-order valence-corrected chi connectivity index (χ4v) is 5.12. The maximum atomic E-state index is 13.6. The van der Waals surface area contributed by atoms with Crippen LogP contribution in [0.3, 0.4) is 0 Å². The van der Waals surface area contributed by atoms with Gasteiger partial charge in [0.25, 0.3) is 0 Å². The second-order valence-corrected chi connectivity index (χ2v) is 9.69. The highest BCUT2D eigenvalue weighted by Gasteiger charge is 2.47. The summed E-state index contributed by atoms with van der Waals surface area (Å²) in [5, 5.41) is 3.68. The van der Waals surface area contributed by atoms with Gasteiger partial charge in [0.05, 0.1) is 12.7 Å². The molecule has 0 bridgehead atoms. The van der Waals surface area contributed by atoms with Crippen molar-refractivity contribution in [2.24, 2.45) is 11.8 Å². The molecule has 6 nitrogen and oxygen atoms in total. The Morgan fingerprint density at radius 3 is 2.66 bits per heavy atom. The number of ketones is 1. The molecule has 0 fully saturated rings. The largest absolute Gasteiger partial charge is 0.468 e. The molecule has 172 valence electrons. The van der Waals surface area contributed by atoms with Crippen LogP contribution >= 0.6 is 23.4 Å². The molecule has 0 radical (unpaired) electrons. The van der Waals surface area contributed by atoms with Gasteiger partial charge in [-0.25, -0.2) is 4.79 Å². The number of ether oxygens (including phenoxy) is 2. The van der Waals surface area contributed by atoms with Crippen LogP contribution in [0.25, 0.3) is 0 Å².